The van der Waals surface area contributed by atoms with E-state index in [1.165, 1.54) is 31.7 Å². The molecule has 0 bridgehead atoms. The highest BCUT2D eigenvalue weighted by Crippen LogP contribution is 2.26. The third-order valence-corrected chi connectivity index (χ3v) is 6.75. The predicted octanol–water partition coefficient (Wildman–Crippen LogP) is 4.57. The Hall–Kier alpha value is -4.08. The molecule has 0 unspecified atom stereocenters. The van der Waals surface area contributed by atoms with Gasteiger partial charge in [-0.15, -0.1) is 0 Å². The number of nitrogens with zero attached hydrogens (tertiary/aromatic N) is 7. The number of anilines is 3. The van der Waals surface area contributed by atoms with E-state index in [-0.39, 0.29) is 5.69 Å². The molecule has 4 heterocycles. The molecule has 6 rings (SSSR count). The normalized spacial score (nSPS) is 15.4. The molecule has 0 aliphatic carbocycles. The van der Waals surface area contributed by atoms with E-state index in [1.807, 2.05) is 32.0 Å². The number of aryl methyl sites for hydroxylation is 2. The topological polar surface area (TPSA) is 127 Å². The zero-order valence-electron chi connectivity index (χ0n) is 20.6. The number of rotatable bonds is 3. The number of hydrogen-bond acceptors (Lipinski definition) is 9. The van der Waals surface area contributed by atoms with E-state index in [0.29, 0.717) is 0 Å². The van der Waals surface area contributed by atoms with Gasteiger partial charge in [-0.3, -0.25) is 10.1 Å². The molecule has 0 atom stereocenters. The maximum absolute atomic E-state index is 10.8. The minimum Gasteiger partial charge on any atom is -0.399 e. The lowest BCUT2D eigenvalue weighted by atomic mass is 10.2. The van der Waals surface area contributed by atoms with Gasteiger partial charge in [-0.2, -0.15) is 0 Å². The predicted molar refractivity (Wildman–Crippen MR) is 143 cm³/mol. The van der Waals surface area contributed by atoms with Crippen LogP contribution in [-0.2, 0) is 0 Å². The summed E-state index contributed by atoms with van der Waals surface area (Å²) in [5.74, 6) is 1.59. The van der Waals surface area contributed by atoms with Gasteiger partial charge >= 0.3 is 0 Å². The van der Waals surface area contributed by atoms with E-state index in [0.717, 1.165) is 77.0 Å². The quantitative estimate of drug-likeness (QED) is 0.252. The Morgan fingerprint density at radius 1 is 0.750 bits per heavy atom. The summed E-state index contributed by atoms with van der Waals surface area (Å²) in [5.41, 5.74) is 10.2. The summed E-state index contributed by atoms with van der Waals surface area (Å²) in [7, 11) is 0. The van der Waals surface area contributed by atoms with Gasteiger partial charge in [0.1, 0.15) is 0 Å². The van der Waals surface area contributed by atoms with Crippen molar-refractivity contribution >= 4 is 45.1 Å². The van der Waals surface area contributed by atoms with Crippen LogP contribution in [0.3, 0.4) is 0 Å². The first-order valence-corrected chi connectivity index (χ1v) is 12.4. The Morgan fingerprint density at radius 3 is 1.72 bits per heavy atom. The molecule has 10 nitrogen and oxygen atoms in total. The summed E-state index contributed by atoms with van der Waals surface area (Å²) in [6.07, 6.45) is 4.81. The maximum atomic E-state index is 10.8. The van der Waals surface area contributed by atoms with Crippen LogP contribution in [0.2, 0.25) is 0 Å². The second-order valence-electron chi connectivity index (χ2n) is 9.34. The van der Waals surface area contributed by atoms with Crippen LogP contribution < -0.4 is 15.5 Å². The number of benzene rings is 2. The molecule has 186 valence electrons. The maximum Gasteiger partial charge on any atom is 0.270 e. The Labute approximate surface area is 209 Å². The summed E-state index contributed by atoms with van der Waals surface area (Å²) in [6.45, 7) is 7.99. The van der Waals surface area contributed by atoms with E-state index in [1.54, 1.807) is 12.1 Å². The average molecular weight is 487 g/mol. The number of nitrogens with two attached hydrogens (primary N) is 1. The third kappa shape index (κ3) is 4.84. The van der Waals surface area contributed by atoms with Crippen molar-refractivity contribution in [3.63, 3.8) is 0 Å². The van der Waals surface area contributed by atoms with Crippen LogP contribution in [0.15, 0.2) is 36.4 Å². The van der Waals surface area contributed by atoms with Crippen LogP contribution in [0, 0.1) is 24.0 Å². The van der Waals surface area contributed by atoms with Crippen molar-refractivity contribution in [1.29, 1.82) is 0 Å². The fourth-order valence-corrected chi connectivity index (χ4v) is 4.77. The zero-order chi connectivity index (χ0) is 25.2. The number of nitro benzene ring substituents is 1. The molecule has 4 aromatic rings. The number of fused-ring (bicyclic) bond motifs is 2. The Morgan fingerprint density at radius 2 is 1.22 bits per heavy atom. The fourth-order valence-electron chi connectivity index (χ4n) is 4.77. The van der Waals surface area contributed by atoms with Gasteiger partial charge in [-0.1, -0.05) is 0 Å². The van der Waals surface area contributed by atoms with Gasteiger partial charge in [0, 0.05) is 54.8 Å². The first-order valence-electron chi connectivity index (χ1n) is 12.4. The lowest BCUT2D eigenvalue weighted by Crippen LogP contribution is -2.20. The molecular formula is C26H30N8O2. The smallest absolute Gasteiger partial charge is 0.270 e. The zero-order valence-corrected chi connectivity index (χ0v) is 20.6. The van der Waals surface area contributed by atoms with E-state index in [2.05, 4.69) is 29.7 Å². The Kier molecular flexibility index (Phi) is 6.49. The minimum absolute atomic E-state index is 0.0770. The highest BCUT2D eigenvalue weighted by atomic mass is 16.6. The van der Waals surface area contributed by atoms with Gasteiger partial charge in [0.25, 0.3) is 5.69 Å². The number of nitro groups is 1. The van der Waals surface area contributed by atoms with Crippen molar-refractivity contribution in [1.82, 2.24) is 19.9 Å². The standard InChI is InChI=1S/C13H14N4O2.C13H16N4/c1-9-11-8-10(17(18)19)4-5-12(11)15-13(14-9)16-6-2-3-7-16;1-9-11-8-10(14)4-5-12(11)16-13(15-9)17-6-2-3-7-17/h4-5,8H,2-3,6-7H2,1H3;4-5,8H,2-3,6-7,14H2,1H3. The summed E-state index contributed by atoms with van der Waals surface area (Å²) < 4.78 is 0. The fraction of sp³-hybridized carbons (Fsp3) is 0.385. The second kappa shape index (κ2) is 9.88. The van der Waals surface area contributed by atoms with E-state index in [9.17, 15) is 10.1 Å². The molecule has 10 heteroatoms. The average Bonchev–Trinajstić information content (AvgIpc) is 3.59. The summed E-state index contributed by atoms with van der Waals surface area (Å²) >= 11 is 0. The van der Waals surface area contributed by atoms with Crippen LogP contribution in [-0.4, -0.2) is 51.0 Å². The molecule has 2 saturated heterocycles. The van der Waals surface area contributed by atoms with Gasteiger partial charge in [0.2, 0.25) is 11.9 Å². The minimum atomic E-state index is -0.396. The van der Waals surface area contributed by atoms with Crippen LogP contribution in [0.1, 0.15) is 37.1 Å². The van der Waals surface area contributed by atoms with Crippen molar-refractivity contribution in [3.05, 3.63) is 57.9 Å². The van der Waals surface area contributed by atoms with Gasteiger partial charge in [0.05, 0.1) is 27.3 Å². The summed E-state index contributed by atoms with van der Waals surface area (Å²) in [5, 5.41) is 12.6. The lowest BCUT2D eigenvalue weighted by molar-refractivity contribution is -0.384. The molecular weight excluding hydrogens is 456 g/mol. The monoisotopic (exact) mass is 486 g/mol. The van der Waals surface area contributed by atoms with Gasteiger partial charge < -0.3 is 15.5 Å². The van der Waals surface area contributed by atoms with E-state index in [4.69, 9.17) is 5.73 Å². The molecule has 2 aliphatic heterocycles. The van der Waals surface area contributed by atoms with Gasteiger partial charge in [-0.25, -0.2) is 19.9 Å². The largest absolute Gasteiger partial charge is 0.399 e. The molecule has 2 aliphatic rings. The molecule has 0 spiro atoms. The Balaban J connectivity index is 0.000000149. The van der Waals surface area contributed by atoms with Crippen molar-refractivity contribution in [2.45, 2.75) is 39.5 Å². The molecule has 2 N–H and O–H groups in total. The van der Waals surface area contributed by atoms with Crippen molar-refractivity contribution < 1.29 is 4.92 Å². The van der Waals surface area contributed by atoms with Crippen LogP contribution >= 0.6 is 0 Å². The van der Waals surface area contributed by atoms with Gasteiger partial charge in [-0.05, 0) is 63.8 Å². The van der Waals surface area contributed by atoms with Crippen LogP contribution in [0.4, 0.5) is 23.3 Å². The van der Waals surface area contributed by atoms with E-state index < -0.39 is 4.92 Å². The molecule has 2 aromatic heterocycles. The van der Waals surface area contributed by atoms with Crippen molar-refractivity contribution in [3.8, 4) is 0 Å². The van der Waals surface area contributed by atoms with Crippen LogP contribution in [0.5, 0.6) is 0 Å². The molecule has 0 amide bonds. The van der Waals surface area contributed by atoms with Crippen LogP contribution in [0.25, 0.3) is 21.8 Å². The first kappa shape index (κ1) is 23.7. The van der Waals surface area contributed by atoms with E-state index >= 15 is 0 Å². The van der Waals surface area contributed by atoms with Crippen molar-refractivity contribution in [2.24, 2.45) is 0 Å². The first-order chi connectivity index (χ1) is 17.4. The SMILES string of the molecule is Cc1nc(N2CCCC2)nc2ccc(N)cc12.Cc1nc(N2CCCC2)nc2ccc([N+](=O)[O-])cc12. The number of hydrogen-bond donors (Lipinski definition) is 1. The van der Waals surface area contributed by atoms with Crippen molar-refractivity contribution in [2.75, 3.05) is 41.7 Å². The molecule has 0 saturated carbocycles. The molecule has 2 fully saturated rings. The summed E-state index contributed by atoms with van der Waals surface area (Å²) in [6, 6.07) is 10.5. The lowest BCUT2D eigenvalue weighted by Gasteiger charge is -2.16. The Bertz CT molecular complexity index is 1430. The number of aromatic nitrogens is 4. The van der Waals surface area contributed by atoms with Gasteiger partial charge in [0.15, 0.2) is 0 Å². The molecule has 36 heavy (non-hydrogen) atoms. The highest BCUT2D eigenvalue weighted by molar-refractivity contribution is 5.85. The highest BCUT2D eigenvalue weighted by Gasteiger charge is 2.18. The number of non-ortho nitro benzene ring substituents is 1. The summed E-state index contributed by atoms with van der Waals surface area (Å²) in [4.78, 5) is 33.0. The second-order valence-corrected chi connectivity index (χ2v) is 9.34. The molecule has 0 radical (unpaired) electrons. The third-order valence-electron chi connectivity index (χ3n) is 6.75. The molecule has 2 aromatic carbocycles. The number of nitrogen functional groups attached to an aromatic ring is 1.